The molecule has 1 amide bonds. The molecule has 0 radical (unpaired) electrons. The second-order valence-electron chi connectivity index (χ2n) is 7.52. The van der Waals surface area contributed by atoms with Gasteiger partial charge in [0, 0.05) is 19.6 Å². The van der Waals surface area contributed by atoms with Gasteiger partial charge >= 0.3 is 0 Å². The van der Waals surface area contributed by atoms with Crippen LogP contribution < -0.4 is 5.32 Å². The molecule has 1 saturated heterocycles. The van der Waals surface area contributed by atoms with Crippen molar-refractivity contribution in [2.75, 3.05) is 25.4 Å². The maximum atomic E-state index is 12.3. The molecule has 25 heavy (non-hydrogen) atoms. The number of hydrogen-bond acceptors (Lipinski definition) is 4. The van der Waals surface area contributed by atoms with Gasteiger partial charge in [-0.05, 0) is 49.1 Å². The molecular formula is C18H28N2O4S. The van der Waals surface area contributed by atoms with E-state index in [0.717, 1.165) is 25.2 Å². The molecule has 1 aliphatic carbocycles. The molecule has 0 unspecified atom stereocenters. The highest BCUT2D eigenvalue weighted by Crippen LogP contribution is 2.45. The summed E-state index contributed by atoms with van der Waals surface area (Å²) in [5.41, 5.74) is 0.00164. The number of piperidine rings is 1. The Hall–Kier alpha value is -1.34. The highest BCUT2D eigenvalue weighted by Gasteiger charge is 2.41. The van der Waals surface area contributed by atoms with Crippen LogP contribution in [0.2, 0.25) is 0 Å². The van der Waals surface area contributed by atoms with Gasteiger partial charge in [0.05, 0.1) is 12.0 Å². The molecule has 6 nitrogen and oxygen atoms in total. The van der Waals surface area contributed by atoms with Crippen molar-refractivity contribution in [1.82, 2.24) is 9.62 Å². The normalized spacial score (nSPS) is 21.2. The highest BCUT2D eigenvalue weighted by molar-refractivity contribution is 7.89. The minimum atomic E-state index is -3.13. The fourth-order valence-electron chi connectivity index (χ4n) is 3.78. The summed E-state index contributed by atoms with van der Waals surface area (Å²) in [6.07, 6.45) is 7.34. The second-order valence-corrected chi connectivity index (χ2v) is 9.61. The number of amides is 1. The van der Waals surface area contributed by atoms with E-state index in [1.807, 2.05) is 6.92 Å². The monoisotopic (exact) mass is 368 g/mol. The van der Waals surface area contributed by atoms with E-state index in [9.17, 15) is 13.2 Å². The van der Waals surface area contributed by atoms with Gasteiger partial charge in [0.1, 0.15) is 0 Å². The van der Waals surface area contributed by atoms with Crippen LogP contribution in [0.3, 0.4) is 0 Å². The number of carbonyl (C=O) groups is 1. The zero-order chi connectivity index (χ0) is 17.9. The van der Waals surface area contributed by atoms with Crippen molar-refractivity contribution < 1.29 is 17.6 Å². The van der Waals surface area contributed by atoms with Crippen LogP contribution in [-0.2, 0) is 10.0 Å². The van der Waals surface area contributed by atoms with Gasteiger partial charge in [-0.15, -0.1) is 0 Å². The van der Waals surface area contributed by atoms with Crippen LogP contribution in [-0.4, -0.2) is 44.0 Å². The van der Waals surface area contributed by atoms with E-state index in [2.05, 4.69) is 5.32 Å². The molecule has 7 heteroatoms. The number of nitrogens with one attached hydrogen (secondary N) is 1. The SMILES string of the molecule is CCCS(=O)(=O)N1CCC(CNC(=O)c2ccco2)(CC2CC2)CC1. The molecule has 140 valence electrons. The lowest BCUT2D eigenvalue weighted by atomic mass is 9.74. The molecule has 0 spiro atoms. The fourth-order valence-corrected chi connectivity index (χ4v) is 5.29. The van der Waals surface area contributed by atoms with Crippen molar-refractivity contribution in [2.45, 2.75) is 45.4 Å². The third-order valence-corrected chi connectivity index (χ3v) is 7.50. The molecular weight excluding hydrogens is 340 g/mol. The molecule has 1 aliphatic heterocycles. The van der Waals surface area contributed by atoms with Crippen molar-refractivity contribution in [1.29, 1.82) is 0 Å². The van der Waals surface area contributed by atoms with Crippen LogP contribution in [0.25, 0.3) is 0 Å². The number of rotatable bonds is 8. The van der Waals surface area contributed by atoms with Crippen molar-refractivity contribution in [3.8, 4) is 0 Å². The Morgan fingerprint density at radius 2 is 2.08 bits per heavy atom. The molecule has 0 aromatic carbocycles. The van der Waals surface area contributed by atoms with Gasteiger partial charge in [-0.25, -0.2) is 12.7 Å². The Kier molecular flexibility index (Phi) is 5.53. The minimum Gasteiger partial charge on any atom is -0.459 e. The standard InChI is InChI=1S/C18H28N2O4S/c1-2-12-25(22,23)20-9-7-18(8-10-20,13-15-5-6-15)14-19-17(21)16-4-3-11-24-16/h3-4,11,15H,2,5-10,12-14H2,1H3,(H,19,21). The maximum absolute atomic E-state index is 12.3. The number of carbonyl (C=O) groups excluding carboxylic acids is 1. The average Bonchev–Trinajstić information content (AvgIpc) is 3.22. The lowest BCUT2D eigenvalue weighted by Gasteiger charge is -2.41. The predicted octanol–water partition coefficient (Wildman–Crippen LogP) is 2.63. The topological polar surface area (TPSA) is 79.6 Å². The Morgan fingerprint density at radius 3 is 2.64 bits per heavy atom. The number of furan rings is 1. The summed E-state index contributed by atoms with van der Waals surface area (Å²) < 4.78 is 31.4. The molecule has 2 fully saturated rings. The van der Waals surface area contributed by atoms with Gasteiger partial charge < -0.3 is 9.73 Å². The first-order valence-corrected chi connectivity index (χ1v) is 10.8. The lowest BCUT2D eigenvalue weighted by molar-refractivity contribution is 0.0846. The largest absolute Gasteiger partial charge is 0.459 e. The molecule has 2 heterocycles. The van der Waals surface area contributed by atoms with Gasteiger partial charge in [-0.2, -0.15) is 0 Å². The molecule has 1 N–H and O–H groups in total. The summed E-state index contributed by atoms with van der Waals surface area (Å²) in [6, 6.07) is 3.36. The summed E-state index contributed by atoms with van der Waals surface area (Å²) in [5, 5.41) is 3.01. The number of nitrogens with zero attached hydrogens (tertiary/aromatic N) is 1. The maximum Gasteiger partial charge on any atom is 0.286 e. The van der Waals surface area contributed by atoms with E-state index >= 15 is 0 Å². The van der Waals surface area contributed by atoms with Crippen molar-refractivity contribution in [3.63, 3.8) is 0 Å². The van der Waals surface area contributed by atoms with E-state index in [1.54, 1.807) is 16.4 Å². The van der Waals surface area contributed by atoms with Gasteiger partial charge in [0.25, 0.3) is 5.91 Å². The third-order valence-electron chi connectivity index (χ3n) is 5.43. The highest BCUT2D eigenvalue weighted by atomic mass is 32.2. The van der Waals surface area contributed by atoms with Crippen molar-refractivity contribution >= 4 is 15.9 Å². The second kappa shape index (κ2) is 7.50. The van der Waals surface area contributed by atoms with Gasteiger partial charge in [0.2, 0.25) is 10.0 Å². The zero-order valence-corrected chi connectivity index (χ0v) is 15.7. The summed E-state index contributed by atoms with van der Waals surface area (Å²) in [7, 11) is -3.13. The summed E-state index contributed by atoms with van der Waals surface area (Å²) >= 11 is 0. The van der Waals surface area contributed by atoms with Crippen LogP contribution >= 0.6 is 0 Å². The molecule has 2 aliphatic rings. The Bertz CT molecular complexity index is 672. The van der Waals surface area contributed by atoms with Crippen LogP contribution in [0, 0.1) is 11.3 Å². The van der Waals surface area contributed by atoms with E-state index in [-0.39, 0.29) is 17.1 Å². The third kappa shape index (κ3) is 4.64. The van der Waals surface area contributed by atoms with Crippen LogP contribution in [0.4, 0.5) is 0 Å². The number of hydrogen-bond donors (Lipinski definition) is 1. The fraction of sp³-hybridized carbons (Fsp3) is 0.722. The van der Waals surface area contributed by atoms with Gasteiger partial charge in [-0.3, -0.25) is 4.79 Å². The van der Waals surface area contributed by atoms with E-state index in [4.69, 9.17) is 4.42 Å². The summed E-state index contributed by atoms with van der Waals surface area (Å²) in [4.78, 5) is 12.2. The van der Waals surface area contributed by atoms with Gasteiger partial charge in [0.15, 0.2) is 5.76 Å². The van der Waals surface area contributed by atoms with Gasteiger partial charge in [-0.1, -0.05) is 19.8 Å². The molecule has 1 saturated carbocycles. The first kappa shape index (κ1) is 18.5. The molecule has 0 bridgehead atoms. The van der Waals surface area contributed by atoms with E-state index in [0.29, 0.717) is 31.8 Å². The Labute approximate surface area is 150 Å². The van der Waals surface area contributed by atoms with E-state index < -0.39 is 10.0 Å². The first-order valence-electron chi connectivity index (χ1n) is 9.24. The predicted molar refractivity (Wildman–Crippen MR) is 95.7 cm³/mol. The van der Waals surface area contributed by atoms with Crippen molar-refractivity contribution in [2.24, 2.45) is 11.3 Å². The van der Waals surface area contributed by atoms with Crippen LogP contribution in [0.15, 0.2) is 22.8 Å². The summed E-state index contributed by atoms with van der Waals surface area (Å²) in [6.45, 7) is 3.60. The molecule has 0 atom stereocenters. The lowest BCUT2D eigenvalue weighted by Crippen LogP contribution is -2.48. The first-order chi connectivity index (χ1) is 11.9. The number of sulfonamides is 1. The molecule has 1 aromatic heterocycles. The summed E-state index contributed by atoms with van der Waals surface area (Å²) in [5.74, 6) is 1.09. The quantitative estimate of drug-likeness (QED) is 0.765. The van der Waals surface area contributed by atoms with Crippen LogP contribution in [0.5, 0.6) is 0 Å². The molecule has 3 rings (SSSR count). The van der Waals surface area contributed by atoms with E-state index in [1.165, 1.54) is 19.1 Å². The average molecular weight is 368 g/mol. The Morgan fingerprint density at radius 1 is 1.36 bits per heavy atom. The van der Waals surface area contributed by atoms with Crippen molar-refractivity contribution in [3.05, 3.63) is 24.2 Å². The zero-order valence-electron chi connectivity index (χ0n) is 14.9. The molecule has 1 aromatic rings. The minimum absolute atomic E-state index is 0.00164. The van der Waals surface area contributed by atoms with Crippen LogP contribution in [0.1, 0.15) is 56.0 Å². The smallest absolute Gasteiger partial charge is 0.286 e. The Balaban J connectivity index is 1.61.